The highest BCUT2D eigenvalue weighted by Crippen LogP contribution is 2.26. The van der Waals surface area contributed by atoms with Gasteiger partial charge in [-0.05, 0) is 38.0 Å². The average Bonchev–Trinajstić information content (AvgIpc) is 2.60. The van der Waals surface area contributed by atoms with Gasteiger partial charge < -0.3 is 4.90 Å². The van der Waals surface area contributed by atoms with E-state index in [9.17, 15) is 13.2 Å². The molecule has 1 aromatic rings. The molecular weight excluding hydrogens is 364 g/mol. The van der Waals surface area contributed by atoms with Crippen molar-refractivity contribution < 1.29 is 18.0 Å². The van der Waals surface area contributed by atoms with E-state index in [2.05, 4.69) is 6.92 Å². The van der Waals surface area contributed by atoms with Crippen LogP contribution >= 0.6 is 11.6 Å². The minimum Gasteiger partial charge on any atom is -0.336 e. The minimum atomic E-state index is -3.94. The van der Waals surface area contributed by atoms with Crippen molar-refractivity contribution in [1.82, 2.24) is 9.37 Å². The minimum absolute atomic E-state index is 0.0455. The largest absolute Gasteiger partial charge is 0.336 e. The highest BCUT2D eigenvalue weighted by Gasteiger charge is 2.27. The lowest BCUT2D eigenvalue weighted by atomic mass is 10.1. The number of hydrogen-bond donors (Lipinski definition) is 0. The number of sulfonamides is 1. The molecule has 0 aliphatic heterocycles. The summed E-state index contributed by atoms with van der Waals surface area (Å²) < 4.78 is 25.7. The van der Waals surface area contributed by atoms with Crippen LogP contribution in [0.4, 0.5) is 0 Å². The van der Waals surface area contributed by atoms with Gasteiger partial charge in [0.15, 0.2) is 0 Å². The van der Waals surface area contributed by atoms with Gasteiger partial charge in [0, 0.05) is 25.2 Å². The predicted molar refractivity (Wildman–Crippen MR) is 99.1 cm³/mol. The van der Waals surface area contributed by atoms with Gasteiger partial charge >= 0.3 is 0 Å². The highest BCUT2D eigenvalue weighted by molar-refractivity contribution is 7.89. The van der Waals surface area contributed by atoms with E-state index in [0.717, 1.165) is 19.3 Å². The second-order valence-corrected chi connectivity index (χ2v) is 8.16. The van der Waals surface area contributed by atoms with Crippen molar-refractivity contribution in [2.75, 3.05) is 20.7 Å². The molecule has 0 spiro atoms. The van der Waals surface area contributed by atoms with Gasteiger partial charge in [0.25, 0.3) is 15.9 Å². The molecule has 1 atom stereocenters. The molecule has 0 fully saturated rings. The van der Waals surface area contributed by atoms with Gasteiger partial charge in [-0.1, -0.05) is 36.3 Å². The lowest BCUT2D eigenvalue weighted by molar-refractivity contribution is -0.0258. The first-order chi connectivity index (χ1) is 11.7. The number of hydroxylamine groups is 1. The van der Waals surface area contributed by atoms with Crippen molar-refractivity contribution in [3.8, 4) is 0 Å². The summed E-state index contributed by atoms with van der Waals surface area (Å²) in [6.07, 6.45) is 2.68. The number of hydrogen-bond acceptors (Lipinski definition) is 4. The second-order valence-electron chi connectivity index (χ2n) is 5.85. The van der Waals surface area contributed by atoms with E-state index in [1.54, 1.807) is 11.0 Å². The Morgan fingerprint density at radius 2 is 1.96 bits per heavy atom. The monoisotopic (exact) mass is 390 g/mol. The molecule has 6 nitrogen and oxygen atoms in total. The van der Waals surface area contributed by atoms with Crippen LogP contribution in [0.15, 0.2) is 23.1 Å². The Morgan fingerprint density at radius 1 is 1.32 bits per heavy atom. The zero-order valence-electron chi connectivity index (χ0n) is 15.5. The van der Waals surface area contributed by atoms with E-state index in [4.69, 9.17) is 16.4 Å². The first kappa shape index (κ1) is 21.9. The first-order valence-corrected chi connectivity index (χ1v) is 10.2. The molecule has 0 saturated carbocycles. The molecular formula is C17H27ClN2O4S. The molecule has 0 bridgehead atoms. The Balaban J connectivity index is 3.29. The maximum Gasteiger partial charge on any atom is 0.266 e. The van der Waals surface area contributed by atoms with Gasteiger partial charge in [-0.3, -0.25) is 9.63 Å². The van der Waals surface area contributed by atoms with Crippen molar-refractivity contribution in [2.24, 2.45) is 0 Å². The molecule has 0 N–H and O–H groups in total. The molecule has 1 aromatic carbocycles. The van der Waals surface area contributed by atoms with E-state index >= 15 is 0 Å². The zero-order chi connectivity index (χ0) is 19.2. The Morgan fingerprint density at radius 3 is 2.48 bits per heavy atom. The summed E-state index contributed by atoms with van der Waals surface area (Å²) in [5.41, 5.74) is 0.295. The van der Waals surface area contributed by atoms with Gasteiger partial charge in [0.05, 0.1) is 12.1 Å². The Bertz CT molecular complexity index is 694. The van der Waals surface area contributed by atoms with Crippen molar-refractivity contribution >= 4 is 27.5 Å². The van der Waals surface area contributed by atoms with Crippen LogP contribution in [0.2, 0.25) is 5.02 Å². The summed E-state index contributed by atoms with van der Waals surface area (Å²) in [4.78, 5) is 19.3. The molecule has 0 aliphatic carbocycles. The van der Waals surface area contributed by atoms with E-state index in [-0.39, 0.29) is 21.9 Å². The Hall–Kier alpha value is -1.15. The molecule has 0 aliphatic rings. The van der Waals surface area contributed by atoms with Crippen LogP contribution in [0.5, 0.6) is 0 Å². The molecule has 1 rings (SSSR count). The third-order valence-corrected chi connectivity index (χ3v) is 6.35. The number of unbranched alkanes of at least 4 members (excludes halogenated alkanes) is 1. The van der Waals surface area contributed by atoms with Crippen LogP contribution in [-0.4, -0.2) is 50.4 Å². The average molecular weight is 391 g/mol. The Labute approximate surface area is 155 Å². The van der Waals surface area contributed by atoms with Gasteiger partial charge in [-0.15, -0.1) is 0 Å². The summed E-state index contributed by atoms with van der Waals surface area (Å²) in [6, 6.07) is 4.37. The number of amides is 1. The van der Waals surface area contributed by atoms with Crippen LogP contribution < -0.4 is 0 Å². The topological polar surface area (TPSA) is 66.9 Å². The molecule has 0 saturated heterocycles. The highest BCUT2D eigenvalue weighted by atomic mass is 35.5. The smallest absolute Gasteiger partial charge is 0.266 e. The summed E-state index contributed by atoms with van der Waals surface area (Å²) in [5, 5.41) is 0.0455. The lowest BCUT2D eigenvalue weighted by Gasteiger charge is -2.29. The fourth-order valence-corrected chi connectivity index (χ4v) is 3.78. The number of carbonyl (C=O) groups is 1. The second kappa shape index (κ2) is 9.52. The van der Waals surface area contributed by atoms with E-state index in [1.807, 2.05) is 13.8 Å². The van der Waals surface area contributed by atoms with Crippen molar-refractivity contribution in [1.29, 1.82) is 0 Å². The quantitative estimate of drug-likeness (QED) is 0.604. The van der Waals surface area contributed by atoms with E-state index in [0.29, 0.717) is 16.6 Å². The molecule has 1 amide bonds. The van der Waals surface area contributed by atoms with Gasteiger partial charge in [-0.2, -0.15) is 0 Å². The summed E-state index contributed by atoms with van der Waals surface area (Å²) in [7, 11) is -1.42. The van der Waals surface area contributed by atoms with Crippen molar-refractivity contribution in [3.05, 3.63) is 28.8 Å². The fourth-order valence-electron chi connectivity index (χ4n) is 2.31. The molecule has 0 heterocycles. The van der Waals surface area contributed by atoms with Crippen molar-refractivity contribution in [2.45, 2.75) is 51.0 Å². The van der Waals surface area contributed by atoms with Crippen LogP contribution in [0.25, 0.3) is 0 Å². The molecule has 1 unspecified atom stereocenters. The van der Waals surface area contributed by atoms with Crippen LogP contribution in [0.3, 0.4) is 0 Å². The number of carbonyl (C=O) groups excluding carboxylic acids is 1. The van der Waals surface area contributed by atoms with Crippen LogP contribution in [-0.2, 0) is 14.9 Å². The van der Waals surface area contributed by atoms with Crippen LogP contribution in [0.1, 0.15) is 50.4 Å². The molecule has 8 heteroatoms. The predicted octanol–water partition coefficient (Wildman–Crippen LogP) is 3.56. The molecule has 0 aromatic heterocycles. The van der Waals surface area contributed by atoms with Gasteiger partial charge in [0.1, 0.15) is 4.90 Å². The Kier molecular flexibility index (Phi) is 8.34. The fraction of sp³-hybridized carbons (Fsp3) is 0.588. The third-order valence-electron chi connectivity index (χ3n) is 4.19. The SMILES string of the molecule is CCCCN(C(=O)c1ccc(Cl)c(S(=O)(=O)N(C)OC)c1)C(C)CC. The zero-order valence-corrected chi connectivity index (χ0v) is 17.0. The third kappa shape index (κ3) is 5.17. The van der Waals surface area contributed by atoms with E-state index in [1.165, 1.54) is 26.3 Å². The summed E-state index contributed by atoms with van der Waals surface area (Å²) >= 11 is 6.05. The first-order valence-electron chi connectivity index (χ1n) is 8.34. The molecule has 0 radical (unpaired) electrons. The number of benzene rings is 1. The lowest BCUT2D eigenvalue weighted by Crippen LogP contribution is -2.39. The molecule has 25 heavy (non-hydrogen) atoms. The van der Waals surface area contributed by atoms with Gasteiger partial charge in [0.2, 0.25) is 0 Å². The molecule has 142 valence electrons. The summed E-state index contributed by atoms with van der Waals surface area (Å²) in [5.74, 6) is -0.198. The number of halogens is 1. The maximum absolute atomic E-state index is 12.9. The number of rotatable bonds is 9. The maximum atomic E-state index is 12.9. The number of nitrogens with zero attached hydrogens (tertiary/aromatic N) is 2. The normalized spacial score (nSPS) is 13.1. The summed E-state index contributed by atoms with van der Waals surface area (Å²) in [6.45, 7) is 6.70. The van der Waals surface area contributed by atoms with Crippen LogP contribution in [0, 0.1) is 0 Å². The van der Waals surface area contributed by atoms with E-state index < -0.39 is 10.0 Å². The van der Waals surface area contributed by atoms with Crippen molar-refractivity contribution in [3.63, 3.8) is 0 Å². The van der Waals surface area contributed by atoms with Gasteiger partial charge in [-0.25, -0.2) is 8.42 Å². The standard InChI is InChI=1S/C17H27ClN2O4S/c1-6-8-11-20(13(3)7-2)17(21)14-9-10-15(18)16(12-14)25(22,23)19(4)24-5/h9-10,12-13H,6-8,11H2,1-5H3.